The number of aromatic nitrogens is 1. The second-order valence-corrected chi connectivity index (χ2v) is 10.1. The summed E-state index contributed by atoms with van der Waals surface area (Å²) in [4.78, 5) is 30.9. The van der Waals surface area contributed by atoms with Gasteiger partial charge in [0, 0.05) is 56.1 Å². The summed E-state index contributed by atoms with van der Waals surface area (Å²) in [6.45, 7) is 3.13. The highest BCUT2D eigenvalue weighted by atomic mass is 32.2. The molecule has 5 rings (SSSR count). The molecule has 11 heteroatoms. The van der Waals surface area contributed by atoms with Gasteiger partial charge in [-0.15, -0.1) is 0 Å². The molecular weight excluding hydrogens is 438 g/mol. The summed E-state index contributed by atoms with van der Waals surface area (Å²) >= 11 is 0. The van der Waals surface area contributed by atoms with Crippen LogP contribution < -0.4 is 5.43 Å². The van der Waals surface area contributed by atoms with Crippen LogP contribution in [0.5, 0.6) is 0 Å². The Kier molecular flexibility index (Phi) is 5.54. The fourth-order valence-corrected chi connectivity index (χ4v) is 5.89. The topological polar surface area (TPSA) is 118 Å². The maximum Gasteiger partial charge on any atom is 0.259 e. The summed E-state index contributed by atoms with van der Waals surface area (Å²) in [5.41, 5.74) is -0.0307. The van der Waals surface area contributed by atoms with E-state index in [0.29, 0.717) is 57.9 Å². The average Bonchev–Trinajstić information content (AvgIpc) is 3.27. The van der Waals surface area contributed by atoms with Gasteiger partial charge in [0.05, 0.1) is 31.3 Å². The summed E-state index contributed by atoms with van der Waals surface area (Å²) in [6.07, 6.45) is 2.49. The van der Waals surface area contributed by atoms with E-state index < -0.39 is 21.2 Å². The molecule has 0 bridgehead atoms. The van der Waals surface area contributed by atoms with Gasteiger partial charge in [0.1, 0.15) is 5.56 Å². The first kappa shape index (κ1) is 21.5. The van der Waals surface area contributed by atoms with Crippen molar-refractivity contribution < 1.29 is 27.4 Å². The van der Waals surface area contributed by atoms with E-state index in [2.05, 4.69) is 4.98 Å². The first-order valence-corrected chi connectivity index (χ1v) is 12.1. The lowest BCUT2D eigenvalue weighted by Crippen LogP contribution is -2.48. The Balaban J connectivity index is 1.43. The lowest BCUT2D eigenvalue weighted by molar-refractivity contribution is -0.181. The molecule has 0 unspecified atom stereocenters. The number of likely N-dealkylation sites (tertiary alicyclic amines) is 1. The molecule has 2 aromatic rings. The molecule has 0 saturated carbocycles. The number of morpholine rings is 1. The summed E-state index contributed by atoms with van der Waals surface area (Å²) in [6, 6.07) is 4.37. The maximum atomic E-state index is 13.2. The Morgan fingerprint density at radius 2 is 1.69 bits per heavy atom. The minimum atomic E-state index is -3.76. The van der Waals surface area contributed by atoms with Gasteiger partial charge in [-0.3, -0.25) is 9.59 Å². The number of nitrogens with one attached hydrogen (secondary N) is 1. The zero-order valence-electron chi connectivity index (χ0n) is 17.5. The molecule has 4 heterocycles. The third-order valence-corrected chi connectivity index (χ3v) is 8.21. The van der Waals surface area contributed by atoms with Crippen LogP contribution in [0.3, 0.4) is 0 Å². The van der Waals surface area contributed by atoms with Crippen molar-refractivity contribution in [3.63, 3.8) is 0 Å². The van der Waals surface area contributed by atoms with Crippen molar-refractivity contribution in [3.05, 3.63) is 40.2 Å². The van der Waals surface area contributed by atoms with E-state index in [1.165, 1.54) is 22.6 Å². The molecule has 3 saturated heterocycles. The van der Waals surface area contributed by atoms with Crippen molar-refractivity contribution in [1.29, 1.82) is 0 Å². The zero-order valence-corrected chi connectivity index (χ0v) is 18.4. The molecule has 3 aliphatic heterocycles. The van der Waals surface area contributed by atoms with E-state index in [4.69, 9.17) is 14.2 Å². The Morgan fingerprint density at radius 3 is 2.38 bits per heavy atom. The molecule has 1 N–H and O–H groups in total. The normalized spacial score (nSPS) is 21.9. The molecule has 172 valence electrons. The van der Waals surface area contributed by atoms with Crippen LogP contribution in [-0.2, 0) is 24.2 Å². The SMILES string of the molecule is O=C(c1c[nH]c2ccc(S(=O)(=O)N3CCOCC3)cc2c1=O)N1CCC2(CC1)OCCO2. The van der Waals surface area contributed by atoms with Gasteiger partial charge in [0.2, 0.25) is 15.5 Å². The van der Waals surface area contributed by atoms with Crippen molar-refractivity contribution in [2.24, 2.45) is 0 Å². The number of pyridine rings is 1. The first-order chi connectivity index (χ1) is 15.4. The van der Waals surface area contributed by atoms with Crippen molar-refractivity contribution in [2.45, 2.75) is 23.5 Å². The minimum Gasteiger partial charge on any atom is -0.379 e. The molecule has 0 radical (unpaired) electrons. The second-order valence-electron chi connectivity index (χ2n) is 8.16. The van der Waals surface area contributed by atoms with E-state index >= 15 is 0 Å². The molecule has 3 fully saturated rings. The third kappa shape index (κ3) is 3.73. The van der Waals surface area contributed by atoms with Gasteiger partial charge in [-0.2, -0.15) is 4.31 Å². The molecule has 3 aliphatic rings. The molecule has 0 aliphatic carbocycles. The van der Waals surface area contributed by atoms with Gasteiger partial charge in [-0.05, 0) is 18.2 Å². The number of hydrogen-bond donors (Lipinski definition) is 1. The summed E-state index contributed by atoms with van der Waals surface area (Å²) in [7, 11) is -3.76. The number of piperidine rings is 1. The smallest absolute Gasteiger partial charge is 0.259 e. The Hall–Kier alpha value is -2.31. The molecule has 32 heavy (non-hydrogen) atoms. The zero-order chi connectivity index (χ0) is 22.3. The Labute approximate surface area is 185 Å². The van der Waals surface area contributed by atoms with Crippen LogP contribution in [0.4, 0.5) is 0 Å². The van der Waals surface area contributed by atoms with Crippen molar-refractivity contribution in [1.82, 2.24) is 14.2 Å². The van der Waals surface area contributed by atoms with Gasteiger partial charge < -0.3 is 24.1 Å². The molecule has 1 amide bonds. The monoisotopic (exact) mass is 463 g/mol. The van der Waals surface area contributed by atoms with Crippen LogP contribution in [0, 0.1) is 0 Å². The number of aromatic amines is 1. The first-order valence-electron chi connectivity index (χ1n) is 10.7. The number of benzene rings is 1. The molecule has 10 nitrogen and oxygen atoms in total. The summed E-state index contributed by atoms with van der Waals surface area (Å²) in [5, 5.41) is 0.168. The standard InChI is InChI=1S/C21H25N3O7S/c25-19-16-13-15(32(27,28)24-7-9-29-10-8-24)1-2-18(16)22-14-17(19)20(26)23-5-3-21(4-6-23)30-11-12-31-21/h1-2,13-14H,3-12H2,(H,22,25). The van der Waals surface area contributed by atoms with Crippen LogP contribution in [-0.4, -0.2) is 86.9 Å². The number of carbonyl (C=O) groups is 1. The number of ether oxygens (including phenoxy) is 3. The highest BCUT2D eigenvalue weighted by Crippen LogP contribution is 2.31. The number of sulfonamides is 1. The number of amides is 1. The number of H-pyrrole nitrogens is 1. The number of carbonyl (C=O) groups excluding carboxylic acids is 1. The number of nitrogens with zero attached hydrogens (tertiary/aromatic N) is 2. The molecular formula is C21H25N3O7S. The van der Waals surface area contributed by atoms with E-state index in [0.717, 1.165) is 0 Å². The number of hydrogen-bond acceptors (Lipinski definition) is 7. The molecule has 1 aromatic carbocycles. The molecule has 1 aromatic heterocycles. The molecule has 0 atom stereocenters. The quantitative estimate of drug-likeness (QED) is 0.705. The average molecular weight is 464 g/mol. The van der Waals surface area contributed by atoms with Crippen molar-refractivity contribution >= 4 is 26.8 Å². The van der Waals surface area contributed by atoms with Crippen LogP contribution >= 0.6 is 0 Å². The second kappa shape index (κ2) is 8.23. The van der Waals surface area contributed by atoms with Gasteiger partial charge >= 0.3 is 0 Å². The van der Waals surface area contributed by atoms with Crippen molar-refractivity contribution in [3.8, 4) is 0 Å². The van der Waals surface area contributed by atoms with E-state index in [9.17, 15) is 18.0 Å². The fourth-order valence-electron chi connectivity index (χ4n) is 4.46. The maximum absolute atomic E-state index is 13.2. The Morgan fingerprint density at radius 1 is 1.00 bits per heavy atom. The van der Waals surface area contributed by atoms with Crippen molar-refractivity contribution in [2.75, 3.05) is 52.6 Å². The number of fused-ring (bicyclic) bond motifs is 1. The van der Waals surface area contributed by atoms with E-state index in [1.807, 2.05) is 0 Å². The summed E-state index contributed by atoms with van der Waals surface area (Å²) < 4.78 is 43.9. The Bertz CT molecular complexity index is 1190. The highest BCUT2D eigenvalue weighted by molar-refractivity contribution is 7.89. The largest absolute Gasteiger partial charge is 0.379 e. The van der Waals surface area contributed by atoms with Gasteiger partial charge in [-0.25, -0.2) is 8.42 Å². The lowest BCUT2D eigenvalue weighted by Gasteiger charge is -2.37. The highest BCUT2D eigenvalue weighted by Gasteiger charge is 2.41. The van der Waals surface area contributed by atoms with Gasteiger partial charge in [0.25, 0.3) is 5.91 Å². The predicted molar refractivity (Wildman–Crippen MR) is 114 cm³/mol. The van der Waals surface area contributed by atoms with Crippen LogP contribution in [0.25, 0.3) is 10.9 Å². The third-order valence-electron chi connectivity index (χ3n) is 6.32. The fraction of sp³-hybridized carbons (Fsp3) is 0.524. The predicted octanol–water partition coefficient (Wildman–Crippen LogP) is 0.528. The lowest BCUT2D eigenvalue weighted by atomic mass is 10.0. The van der Waals surface area contributed by atoms with E-state index in [1.54, 1.807) is 11.0 Å². The summed E-state index contributed by atoms with van der Waals surface area (Å²) in [5.74, 6) is -1.00. The van der Waals surface area contributed by atoms with Crippen LogP contribution in [0.2, 0.25) is 0 Å². The van der Waals surface area contributed by atoms with E-state index in [-0.39, 0.29) is 34.8 Å². The van der Waals surface area contributed by atoms with Gasteiger partial charge in [-0.1, -0.05) is 0 Å². The van der Waals surface area contributed by atoms with Crippen LogP contribution in [0.15, 0.2) is 34.1 Å². The van der Waals surface area contributed by atoms with Crippen LogP contribution in [0.1, 0.15) is 23.2 Å². The van der Waals surface area contributed by atoms with Gasteiger partial charge in [0.15, 0.2) is 5.79 Å². The number of rotatable bonds is 3. The molecule has 1 spiro atoms. The minimum absolute atomic E-state index is 0.0115.